The first-order valence-electron chi connectivity index (χ1n) is 46.1. The molecule has 754 valence electrons. The van der Waals surface area contributed by atoms with Crippen molar-refractivity contribution in [2.24, 2.45) is 0 Å². The Balaban J connectivity index is -0.00000142. The molecular weight excluding hydrogens is 1790 g/mol. The molecule has 1 heterocycles. The van der Waals surface area contributed by atoms with E-state index in [1.54, 1.807) is 6.92 Å². The summed E-state index contributed by atoms with van der Waals surface area (Å²) >= 11 is 7.90. The Morgan fingerprint density at radius 1 is 0.343 bits per heavy atom. The lowest BCUT2D eigenvalue weighted by Gasteiger charge is -2.20. The van der Waals surface area contributed by atoms with Gasteiger partial charge in [0.25, 0.3) is 0 Å². The number of thiol groups is 1. The lowest BCUT2D eigenvalue weighted by molar-refractivity contribution is 0.0544. The van der Waals surface area contributed by atoms with Crippen molar-refractivity contribution in [2.45, 2.75) is 173 Å². The van der Waals surface area contributed by atoms with Gasteiger partial charge >= 0.3 is 0 Å². The van der Waals surface area contributed by atoms with E-state index in [1.165, 1.54) is 105 Å². The molecule has 0 bridgehead atoms. The van der Waals surface area contributed by atoms with Crippen LogP contribution >= 0.6 is 47.9 Å². The van der Waals surface area contributed by atoms with Crippen molar-refractivity contribution in [3.05, 3.63) is 313 Å². The zero-order valence-corrected chi connectivity index (χ0v) is 85.2. The maximum Gasteiger partial charge on any atom is 0.104 e. The van der Waals surface area contributed by atoms with Crippen LogP contribution in [-0.2, 0) is 39.2 Å². The molecule has 134 heavy (non-hydrogen) atoms. The van der Waals surface area contributed by atoms with Crippen molar-refractivity contribution in [3.8, 4) is 0 Å². The number of benzene rings is 8. The quantitative estimate of drug-likeness (QED) is 0.0124. The summed E-state index contributed by atoms with van der Waals surface area (Å²) < 4.78 is 41.1. The summed E-state index contributed by atoms with van der Waals surface area (Å²) in [5, 5.41) is 123. The molecule has 21 nitrogen and oxygen atoms in total. The third-order valence-corrected chi connectivity index (χ3v) is 24.2. The zero-order valence-electron chi connectivity index (χ0n) is 81.0. The first-order valence-corrected chi connectivity index (χ1v) is 51.6. The van der Waals surface area contributed by atoms with Gasteiger partial charge < -0.3 is 99.9 Å². The average Bonchev–Trinajstić information content (AvgIpc) is 1.39. The molecule has 15 atom stereocenters. The molecule has 26 heteroatoms. The number of hydrogen-bond donors (Lipinski definition) is 15. The second kappa shape index (κ2) is 95.4. The molecule has 15 unspecified atom stereocenters. The number of aliphatic hydroxyl groups excluding tert-OH is 14. The van der Waals surface area contributed by atoms with Crippen LogP contribution in [0, 0.1) is 0 Å². The van der Waals surface area contributed by atoms with Crippen LogP contribution < -0.4 is 0 Å². The van der Waals surface area contributed by atoms with Gasteiger partial charge in [0, 0.05) is 84.1 Å². The van der Waals surface area contributed by atoms with Gasteiger partial charge in [-0.2, -0.15) is 47.9 Å². The molecule has 0 aromatic heterocycles. The third kappa shape index (κ3) is 81.5. The molecule has 8 aromatic rings. The molecule has 14 N–H and O–H groups in total. The van der Waals surface area contributed by atoms with Gasteiger partial charge in [-0.15, -0.1) is 0 Å². The van der Waals surface area contributed by atoms with Crippen molar-refractivity contribution in [1.82, 2.24) is 0 Å². The SMILES string of the molecule is C=Cc1ccccc1.C=Cc1ccccc1.C=Cc1ccccc1.C=Cc1ccccc1.CCC(CC(C)c1ccccc1)c1ccccc1.CCC(CC(C)c1ccccc1)c1ccccc1.CCOCC(O)CS(=O)CC(O)CO.CCOCC(O)CSCC(O)CO.CCOCC(O)CSCC(O)CO.CCOCC(O)CSCC(O)CO.CCOCC1CO1.OCC(O)CS. The van der Waals surface area contributed by atoms with Crippen LogP contribution in [0.4, 0.5) is 0 Å². The Bertz CT molecular complexity index is 3480. The molecule has 1 fully saturated rings. The lowest BCUT2D eigenvalue weighted by atomic mass is 9.85. The minimum absolute atomic E-state index is 0.0142. The molecule has 9 rings (SSSR count). The van der Waals surface area contributed by atoms with Crippen LogP contribution in [0.1, 0.15) is 156 Å². The number of ether oxygens (including phenoxy) is 6. The minimum Gasteiger partial charge on any atom is -0.394 e. The summed E-state index contributed by atoms with van der Waals surface area (Å²) in [6.07, 6.45) is 6.70. The van der Waals surface area contributed by atoms with E-state index in [0.717, 1.165) is 19.8 Å². The van der Waals surface area contributed by atoms with Crippen LogP contribution in [-0.4, -0.2) is 294 Å². The summed E-state index contributed by atoms with van der Waals surface area (Å²) in [4.78, 5) is 0. The average molecular weight is 1960 g/mol. The molecule has 0 amide bonds. The highest BCUT2D eigenvalue weighted by Crippen LogP contribution is 2.33. The van der Waals surface area contributed by atoms with Gasteiger partial charge in [0.15, 0.2) is 0 Å². The number of thioether (sulfide) groups is 3. The fraction of sp³-hybridized carbons (Fsp3) is 0.481. The van der Waals surface area contributed by atoms with Gasteiger partial charge in [0.1, 0.15) is 6.10 Å². The van der Waals surface area contributed by atoms with Gasteiger partial charge in [-0.25, -0.2) is 0 Å². The Morgan fingerprint density at radius 3 is 0.769 bits per heavy atom. The van der Waals surface area contributed by atoms with Gasteiger partial charge in [-0.1, -0.05) is 321 Å². The molecule has 1 aliphatic rings. The summed E-state index contributed by atoms with van der Waals surface area (Å²) in [6.45, 7) is 37.8. The highest BCUT2D eigenvalue weighted by molar-refractivity contribution is 7.99. The van der Waals surface area contributed by atoms with E-state index in [-0.39, 0.29) is 44.5 Å². The van der Waals surface area contributed by atoms with E-state index in [1.807, 2.05) is 173 Å². The maximum atomic E-state index is 11.2. The van der Waals surface area contributed by atoms with E-state index >= 15 is 0 Å². The molecule has 8 aromatic carbocycles. The topological polar surface area (TPSA) is 359 Å². The molecule has 0 saturated carbocycles. The smallest absolute Gasteiger partial charge is 0.104 e. The van der Waals surface area contributed by atoms with Crippen LogP contribution in [0.25, 0.3) is 24.3 Å². The van der Waals surface area contributed by atoms with Crippen LogP contribution in [0.2, 0.25) is 0 Å². The molecule has 0 aliphatic carbocycles. The maximum absolute atomic E-state index is 11.2. The summed E-state index contributed by atoms with van der Waals surface area (Å²) in [7, 11) is -1.32. The molecule has 1 saturated heterocycles. The van der Waals surface area contributed by atoms with Crippen molar-refractivity contribution in [1.29, 1.82) is 0 Å². The third-order valence-electron chi connectivity index (χ3n) is 18.5. The van der Waals surface area contributed by atoms with E-state index in [2.05, 4.69) is 188 Å². The Hall–Kier alpha value is -6.53. The fourth-order valence-electron chi connectivity index (χ4n) is 11.0. The van der Waals surface area contributed by atoms with Gasteiger partial charge in [0.05, 0.1) is 139 Å². The fourth-order valence-corrected chi connectivity index (χ4v) is 14.9. The van der Waals surface area contributed by atoms with Crippen molar-refractivity contribution in [3.63, 3.8) is 0 Å². The second-order valence-electron chi connectivity index (χ2n) is 30.2. The van der Waals surface area contributed by atoms with Gasteiger partial charge in [-0.3, -0.25) is 4.21 Å². The Kier molecular flexibility index (Phi) is 93.7. The van der Waals surface area contributed by atoms with E-state index in [4.69, 9.17) is 79.5 Å². The first-order chi connectivity index (χ1) is 64.8. The van der Waals surface area contributed by atoms with Crippen LogP contribution in [0.3, 0.4) is 0 Å². The van der Waals surface area contributed by atoms with Gasteiger partial charge in [0.2, 0.25) is 0 Å². The standard InChI is InChI=1S/2C18H22.C8H18O5S.3C8H18O4S.4C8H8.C5H10O2.C3H8O2S/c2*1-3-16(18-12-8-5-9-13-18)14-15(2)17-10-6-4-7-11-17;1-2-13-4-8(11)6-14(12)5-7(10)3-9;3*1-2-12-4-8(11)6-13-5-7(10)3-9;4*1-2-8-6-4-3-5-7-8;1-2-6-3-5-4-7-5;4-1-3(5)2-6/h2*4-13,15-16H,3,14H2,1-2H3;7-11H,2-6H2,1H3;3*7-11H,2-6H2,1H3;4*2-7H,1H2;5H,2-4H2,1H3;3-6H,1-2H2. The van der Waals surface area contributed by atoms with E-state index in [9.17, 15) is 24.6 Å². The van der Waals surface area contributed by atoms with Crippen LogP contribution in [0.5, 0.6) is 0 Å². The summed E-state index contributed by atoms with van der Waals surface area (Å²) in [5.74, 6) is 5.87. The Labute approximate surface area is 825 Å². The van der Waals surface area contributed by atoms with E-state index < -0.39 is 72.3 Å². The predicted octanol–water partition coefficient (Wildman–Crippen LogP) is 16.7. The molecule has 1 aliphatic heterocycles. The van der Waals surface area contributed by atoms with Gasteiger partial charge in [-0.05, 0) is 128 Å². The van der Waals surface area contributed by atoms with Crippen LogP contribution in [0.15, 0.2) is 269 Å². The van der Waals surface area contributed by atoms with Crippen molar-refractivity contribution >= 4 is 83.0 Å². The van der Waals surface area contributed by atoms with Crippen molar-refractivity contribution < 1.29 is 104 Å². The highest BCUT2D eigenvalue weighted by atomic mass is 32.2. The second-order valence-corrected chi connectivity index (χ2v) is 35.3. The van der Waals surface area contributed by atoms with E-state index in [0.29, 0.717) is 116 Å². The summed E-state index contributed by atoms with van der Waals surface area (Å²) in [6, 6.07) is 83.6. The van der Waals surface area contributed by atoms with Crippen molar-refractivity contribution in [2.75, 3.05) is 157 Å². The first kappa shape index (κ1) is 132. The minimum atomic E-state index is -1.32. The molecule has 0 spiro atoms. The molecule has 0 radical (unpaired) electrons. The number of hydrogen-bond acceptors (Lipinski definition) is 25. The number of aliphatic hydroxyl groups is 14. The number of epoxide rings is 1. The monoisotopic (exact) mass is 1960 g/mol. The summed E-state index contributed by atoms with van der Waals surface area (Å²) in [5.41, 5.74) is 10.5. The largest absolute Gasteiger partial charge is 0.394 e. The highest BCUT2D eigenvalue weighted by Gasteiger charge is 2.22. The predicted molar refractivity (Wildman–Crippen MR) is 569 cm³/mol. The zero-order chi connectivity index (χ0) is 100. The lowest BCUT2D eigenvalue weighted by Crippen LogP contribution is -2.28. The number of rotatable bonds is 51. The molecular formula is C108H166O21S5. The Morgan fingerprint density at radius 2 is 0.567 bits per heavy atom. The normalized spacial score (nSPS) is 14.3.